The highest BCUT2D eigenvalue weighted by Crippen LogP contribution is 2.32. The second-order valence-corrected chi connectivity index (χ2v) is 6.17. The molecule has 0 aliphatic carbocycles. The predicted octanol–water partition coefficient (Wildman–Crippen LogP) is 0.847. The van der Waals surface area contributed by atoms with Gasteiger partial charge in [0.05, 0.1) is 7.11 Å². The van der Waals surface area contributed by atoms with Gasteiger partial charge in [0.15, 0.2) is 16.6 Å². The Labute approximate surface area is 126 Å². The number of anilines is 1. The molecule has 1 N–H and O–H groups in total. The third-order valence-electron chi connectivity index (χ3n) is 3.40. The van der Waals surface area contributed by atoms with E-state index in [0.717, 1.165) is 11.3 Å². The van der Waals surface area contributed by atoms with Crippen LogP contribution in [0.3, 0.4) is 0 Å². The fourth-order valence-corrected chi connectivity index (χ4v) is 3.25. The second kappa shape index (κ2) is 5.44. The van der Waals surface area contributed by atoms with Crippen LogP contribution in [0.4, 0.5) is 5.13 Å². The van der Waals surface area contributed by atoms with Crippen LogP contribution in [0.25, 0.3) is 0 Å². The van der Waals surface area contributed by atoms with Gasteiger partial charge in [-0.2, -0.15) is 0 Å². The van der Waals surface area contributed by atoms with Crippen LogP contribution in [0.1, 0.15) is 40.9 Å². The molecule has 2 rings (SSSR count). The van der Waals surface area contributed by atoms with Crippen LogP contribution in [-0.2, 0) is 9.53 Å². The largest absolute Gasteiger partial charge is 0.464 e. The molecule has 1 aliphatic rings. The van der Waals surface area contributed by atoms with Gasteiger partial charge in [-0.05, 0) is 13.8 Å². The van der Waals surface area contributed by atoms with E-state index in [4.69, 9.17) is 0 Å². The number of methoxy groups -OCH3 is 1. The highest BCUT2D eigenvalue weighted by Gasteiger charge is 2.40. The number of hydrogen-bond acceptors (Lipinski definition) is 7. The van der Waals surface area contributed by atoms with Crippen LogP contribution in [-0.4, -0.2) is 48.4 Å². The van der Waals surface area contributed by atoms with Gasteiger partial charge in [0.25, 0.3) is 0 Å². The van der Waals surface area contributed by atoms with Gasteiger partial charge in [0.2, 0.25) is 5.91 Å². The van der Waals surface area contributed by atoms with E-state index in [1.165, 1.54) is 14.0 Å². The lowest BCUT2D eigenvalue weighted by atomic mass is 10.00. The Balaban J connectivity index is 2.47. The minimum absolute atomic E-state index is 0.00628. The molecule has 2 heterocycles. The molecule has 0 spiro atoms. The molecule has 0 radical (unpaired) electrons. The zero-order valence-corrected chi connectivity index (χ0v) is 13.2. The molecule has 8 heteroatoms. The number of nitrogens with one attached hydrogen (secondary N) is 1. The molecule has 7 nitrogen and oxygen atoms in total. The van der Waals surface area contributed by atoms with Crippen LogP contribution in [0.15, 0.2) is 0 Å². The number of piperazine rings is 1. The lowest BCUT2D eigenvalue weighted by molar-refractivity contribution is -0.126. The number of ether oxygens (including phenoxy) is 1. The molecule has 21 heavy (non-hydrogen) atoms. The Kier molecular flexibility index (Phi) is 3.99. The Bertz CT molecular complexity index is 609. The summed E-state index contributed by atoms with van der Waals surface area (Å²) in [7, 11) is 1.24. The van der Waals surface area contributed by atoms with E-state index in [-0.39, 0.29) is 22.3 Å². The van der Waals surface area contributed by atoms with E-state index in [0.29, 0.717) is 18.2 Å². The summed E-state index contributed by atoms with van der Waals surface area (Å²) in [5, 5.41) is 3.26. The van der Waals surface area contributed by atoms with Gasteiger partial charge in [-0.25, -0.2) is 9.78 Å². The molecule has 0 bridgehead atoms. The van der Waals surface area contributed by atoms with Crippen LogP contribution in [0, 0.1) is 0 Å². The summed E-state index contributed by atoms with van der Waals surface area (Å²) < 4.78 is 4.66. The number of nitrogens with zero attached hydrogens (tertiary/aromatic N) is 2. The number of esters is 1. The lowest BCUT2D eigenvalue weighted by Gasteiger charge is -2.40. The number of carbonyl (C=O) groups excluding carboxylic acids is 3. The van der Waals surface area contributed by atoms with Crippen molar-refractivity contribution in [2.75, 3.05) is 25.1 Å². The van der Waals surface area contributed by atoms with Gasteiger partial charge in [-0.3, -0.25) is 9.59 Å². The first-order chi connectivity index (χ1) is 9.78. The molecule has 1 saturated heterocycles. The monoisotopic (exact) mass is 311 g/mol. The number of hydrogen-bond donors (Lipinski definition) is 1. The number of carbonyl (C=O) groups is 3. The normalized spacial score (nSPS) is 17.3. The molecule has 1 amide bonds. The fourth-order valence-electron chi connectivity index (χ4n) is 2.13. The van der Waals surface area contributed by atoms with Crippen LogP contribution in [0.2, 0.25) is 0 Å². The zero-order chi connectivity index (χ0) is 15.8. The molecule has 114 valence electrons. The maximum absolute atomic E-state index is 12.0. The molecular formula is C13H17N3O4S. The van der Waals surface area contributed by atoms with Gasteiger partial charge in [0, 0.05) is 20.0 Å². The van der Waals surface area contributed by atoms with Crippen molar-refractivity contribution in [1.29, 1.82) is 0 Å². The van der Waals surface area contributed by atoms with Crippen molar-refractivity contribution in [1.82, 2.24) is 10.3 Å². The number of aromatic nitrogens is 1. The number of thiazole rings is 1. The zero-order valence-electron chi connectivity index (χ0n) is 12.3. The van der Waals surface area contributed by atoms with Crippen molar-refractivity contribution in [3.05, 3.63) is 10.6 Å². The number of Topliss-reactive ketones (excluding diaryl/α,β-unsaturated/α-hetero) is 1. The lowest BCUT2D eigenvalue weighted by Crippen LogP contribution is -2.62. The van der Waals surface area contributed by atoms with Gasteiger partial charge in [0.1, 0.15) is 10.4 Å². The fraction of sp³-hybridized carbons (Fsp3) is 0.538. The topological polar surface area (TPSA) is 88.6 Å². The molecule has 0 unspecified atom stereocenters. The third kappa shape index (κ3) is 2.63. The summed E-state index contributed by atoms with van der Waals surface area (Å²) in [6.45, 7) is 5.97. The van der Waals surface area contributed by atoms with Crippen molar-refractivity contribution >= 4 is 34.1 Å². The maximum Gasteiger partial charge on any atom is 0.358 e. The Morgan fingerprint density at radius 3 is 2.67 bits per heavy atom. The minimum atomic E-state index is -0.794. The number of rotatable bonds is 3. The average molecular weight is 311 g/mol. The first-order valence-electron chi connectivity index (χ1n) is 6.45. The molecule has 0 saturated carbocycles. The van der Waals surface area contributed by atoms with Crippen molar-refractivity contribution < 1.29 is 19.1 Å². The van der Waals surface area contributed by atoms with E-state index in [9.17, 15) is 14.4 Å². The Morgan fingerprint density at radius 2 is 2.10 bits per heavy atom. The summed E-state index contributed by atoms with van der Waals surface area (Å²) in [6, 6.07) is 0. The predicted molar refractivity (Wildman–Crippen MR) is 77.9 cm³/mol. The average Bonchev–Trinajstić information content (AvgIpc) is 2.85. The summed E-state index contributed by atoms with van der Waals surface area (Å²) in [6.07, 6.45) is 0. The van der Waals surface area contributed by atoms with E-state index >= 15 is 0 Å². The summed E-state index contributed by atoms with van der Waals surface area (Å²) in [4.78, 5) is 41.7. The quantitative estimate of drug-likeness (QED) is 0.657. The molecule has 0 aromatic carbocycles. The molecular weight excluding hydrogens is 294 g/mol. The smallest absolute Gasteiger partial charge is 0.358 e. The number of ketones is 1. The van der Waals surface area contributed by atoms with Gasteiger partial charge in [-0.15, -0.1) is 0 Å². The maximum atomic E-state index is 12.0. The second-order valence-electron chi connectivity index (χ2n) is 5.19. The minimum Gasteiger partial charge on any atom is -0.464 e. The van der Waals surface area contributed by atoms with Crippen molar-refractivity contribution in [2.24, 2.45) is 0 Å². The van der Waals surface area contributed by atoms with Crippen LogP contribution in [0.5, 0.6) is 0 Å². The Hall–Kier alpha value is -1.96. The Morgan fingerprint density at radius 1 is 1.43 bits per heavy atom. The SMILES string of the molecule is COC(=O)c1nc(N2CCNC(=O)C2(C)C)sc1C(C)=O. The van der Waals surface area contributed by atoms with Crippen molar-refractivity contribution in [3.63, 3.8) is 0 Å². The summed E-state index contributed by atoms with van der Waals surface area (Å²) >= 11 is 1.11. The first-order valence-corrected chi connectivity index (χ1v) is 7.26. The standard InChI is InChI=1S/C13H17N3O4S/c1-7(17)9-8(10(18)20-4)15-12(21-9)16-6-5-14-11(19)13(16,2)3/h5-6H2,1-4H3,(H,14,19). The van der Waals surface area contributed by atoms with E-state index in [2.05, 4.69) is 15.0 Å². The van der Waals surface area contributed by atoms with Crippen molar-refractivity contribution in [3.8, 4) is 0 Å². The summed E-state index contributed by atoms with van der Waals surface area (Å²) in [5.41, 5.74) is -0.788. The molecule has 1 aliphatic heterocycles. The molecule has 1 aromatic rings. The van der Waals surface area contributed by atoms with Gasteiger partial charge < -0.3 is 15.0 Å². The van der Waals surface area contributed by atoms with Crippen LogP contribution < -0.4 is 10.2 Å². The van der Waals surface area contributed by atoms with Gasteiger partial charge >= 0.3 is 5.97 Å². The van der Waals surface area contributed by atoms with E-state index < -0.39 is 11.5 Å². The molecule has 1 fully saturated rings. The van der Waals surface area contributed by atoms with E-state index in [1.54, 1.807) is 18.7 Å². The number of amides is 1. The molecule has 1 aromatic heterocycles. The van der Waals surface area contributed by atoms with Gasteiger partial charge in [-0.1, -0.05) is 11.3 Å². The summed E-state index contributed by atoms with van der Waals surface area (Å²) in [5.74, 6) is -1.02. The van der Waals surface area contributed by atoms with Crippen molar-refractivity contribution in [2.45, 2.75) is 26.3 Å². The first kappa shape index (κ1) is 15.4. The van der Waals surface area contributed by atoms with Crippen LogP contribution >= 0.6 is 11.3 Å². The molecule has 0 atom stereocenters. The third-order valence-corrected chi connectivity index (χ3v) is 4.58. The van der Waals surface area contributed by atoms with E-state index in [1.807, 2.05) is 0 Å². The highest BCUT2D eigenvalue weighted by atomic mass is 32.1. The highest BCUT2D eigenvalue weighted by molar-refractivity contribution is 7.17.